The third-order valence-electron chi connectivity index (χ3n) is 4.27. The van der Waals surface area contributed by atoms with Crippen LogP contribution in [0.5, 0.6) is 0 Å². The molecule has 7 nitrogen and oxygen atoms in total. The molecular formula is C19H22N4O3S. The van der Waals surface area contributed by atoms with Gasteiger partial charge in [-0.1, -0.05) is 17.2 Å². The molecule has 0 spiro atoms. The summed E-state index contributed by atoms with van der Waals surface area (Å²) in [6.07, 6.45) is 0. The largest absolute Gasteiger partial charge is 0.384 e. The lowest BCUT2D eigenvalue weighted by Crippen LogP contribution is -2.37. The van der Waals surface area contributed by atoms with E-state index in [0.29, 0.717) is 34.2 Å². The van der Waals surface area contributed by atoms with Crippen LogP contribution in [-0.2, 0) is 18.8 Å². The van der Waals surface area contributed by atoms with E-state index in [2.05, 4.69) is 16.0 Å². The van der Waals surface area contributed by atoms with Gasteiger partial charge in [0.25, 0.3) is 5.56 Å². The van der Waals surface area contributed by atoms with Crippen LogP contribution in [0.2, 0.25) is 0 Å². The van der Waals surface area contributed by atoms with Crippen molar-refractivity contribution < 1.29 is 4.74 Å². The molecule has 3 aromatic rings. The predicted molar refractivity (Wildman–Crippen MR) is 108 cm³/mol. The molecule has 0 saturated carbocycles. The highest BCUT2D eigenvalue weighted by atomic mass is 32.2. The number of ether oxygens (including phenoxy) is 1. The number of hydrogen-bond donors (Lipinski definition) is 0. The molecule has 0 aliphatic heterocycles. The second-order valence-electron chi connectivity index (χ2n) is 6.47. The van der Waals surface area contributed by atoms with Crippen LogP contribution in [0.4, 0.5) is 0 Å². The Morgan fingerprint density at radius 2 is 1.70 bits per heavy atom. The Kier molecular flexibility index (Phi) is 5.48. The Hall–Kier alpha value is -2.45. The van der Waals surface area contributed by atoms with Gasteiger partial charge in [-0.15, -0.1) is 11.8 Å². The van der Waals surface area contributed by atoms with Crippen molar-refractivity contribution in [3.8, 4) is 11.4 Å². The Morgan fingerprint density at radius 1 is 1.04 bits per heavy atom. The summed E-state index contributed by atoms with van der Waals surface area (Å²) < 4.78 is 7.60. The SMILES string of the molecule is COCCSc1nc(-c2cc(C)cc(C)c2)nc2c1c(=O)n(C)c(=O)n2C. The maximum absolute atomic E-state index is 12.7. The van der Waals surface area contributed by atoms with Gasteiger partial charge in [-0.25, -0.2) is 14.8 Å². The van der Waals surface area contributed by atoms with E-state index in [-0.39, 0.29) is 5.56 Å². The standard InChI is InChI=1S/C19H22N4O3S/c1-11-8-12(2)10-13(9-11)15-20-16-14(17(21-15)27-7-6-26-5)18(24)23(4)19(25)22(16)3/h8-10H,6-7H2,1-5H3. The Balaban J connectivity index is 2.34. The van der Waals surface area contributed by atoms with Gasteiger partial charge >= 0.3 is 5.69 Å². The maximum Gasteiger partial charge on any atom is 0.332 e. The van der Waals surface area contributed by atoms with Crippen LogP contribution in [0.3, 0.4) is 0 Å². The fraction of sp³-hybridized carbons (Fsp3) is 0.368. The van der Waals surface area contributed by atoms with E-state index in [1.807, 2.05) is 26.0 Å². The summed E-state index contributed by atoms with van der Waals surface area (Å²) in [6, 6.07) is 6.07. The second kappa shape index (κ2) is 7.66. The summed E-state index contributed by atoms with van der Waals surface area (Å²) in [4.78, 5) is 34.3. The highest BCUT2D eigenvalue weighted by Crippen LogP contribution is 2.27. The summed E-state index contributed by atoms with van der Waals surface area (Å²) in [5, 5.41) is 0.913. The van der Waals surface area contributed by atoms with Crippen molar-refractivity contribution in [3.05, 3.63) is 50.2 Å². The summed E-state index contributed by atoms with van der Waals surface area (Å²) in [5.41, 5.74) is 2.59. The molecule has 0 unspecified atom stereocenters. The van der Waals surface area contributed by atoms with Crippen molar-refractivity contribution in [2.24, 2.45) is 14.1 Å². The van der Waals surface area contributed by atoms with E-state index in [1.165, 1.54) is 23.4 Å². The zero-order valence-corrected chi connectivity index (χ0v) is 16.9. The smallest absolute Gasteiger partial charge is 0.332 e. The topological polar surface area (TPSA) is 79.0 Å². The Morgan fingerprint density at radius 3 is 2.33 bits per heavy atom. The van der Waals surface area contributed by atoms with E-state index in [9.17, 15) is 9.59 Å². The molecule has 0 saturated heterocycles. The molecule has 0 amide bonds. The van der Waals surface area contributed by atoms with E-state index >= 15 is 0 Å². The number of rotatable bonds is 5. The first kappa shape index (κ1) is 19.3. The average molecular weight is 386 g/mol. The van der Waals surface area contributed by atoms with E-state index in [1.54, 1.807) is 14.2 Å². The quantitative estimate of drug-likeness (QED) is 0.379. The molecule has 1 aromatic carbocycles. The van der Waals surface area contributed by atoms with Crippen molar-refractivity contribution in [3.63, 3.8) is 0 Å². The molecule has 2 heterocycles. The number of thioether (sulfide) groups is 1. The molecule has 0 fully saturated rings. The number of aryl methyl sites for hydroxylation is 3. The number of nitrogens with zero attached hydrogens (tertiary/aromatic N) is 4. The van der Waals surface area contributed by atoms with Crippen LogP contribution in [0.1, 0.15) is 11.1 Å². The second-order valence-corrected chi connectivity index (χ2v) is 7.56. The minimum absolute atomic E-state index is 0.340. The first-order chi connectivity index (χ1) is 12.8. The molecule has 2 aromatic heterocycles. The molecule has 0 N–H and O–H groups in total. The van der Waals surface area contributed by atoms with Gasteiger partial charge in [-0.05, 0) is 26.0 Å². The van der Waals surface area contributed by atoms with Gasteiger partial charge in [0.05, 0.1) is 6.61 Å². The molecule has 27 heavy (non-hydrogen) atoms. The fourth-order valence-electron chi connectivity index (χ4n) is 2.99. The van der Waals surface area contributed by atoms with Crippen LogP contribution in [0, 0.1) is 13.8 Å². The van der Waals surface area contributed by atoms with Crippen molar-refractivity contribution >= 4 is 22.8 Å². The molecule has 8 heteroatoms. The fourth-order valence-corrected chi connectivity index (χ4v) is 3.91. The number of benzene rings is 1. The molecule has 0 aliphatic carbocycles. The van der Waals surface area contributed by atoms with Crippen LogP contribution in [0.15, 0.2) is 32.8 Å². The first-order valence-electron chi connectivity index (χ1n) is 8.51. The number of hydrogen-bond acceptors (Lipinski definition) is 6. The molecule has 142 valence electrons. The Labute approximate surface area is 161 Å². The van der Waals surface area contributed by atoms with Crippen molar-refractivity contribution in [1.82, 2.24) is 19.1 Å². The zero-order chi connectivity index (χ0) is 19.7. The van der Waals surface area contributed by atoms with E-state index in [4.69, 9.17) is 4.74 Å². The normalized spacial score (nSPS) is 11.3. The maximum atomic E-state index is 12.7. The highest BCUT2D eigenvalue weighted by molar-refractivity contribution is 7.99. The van der Waals surface area contributed by atoms with Gasteiger partial charge in [0, 0.05) is 32.5 Å². The lowest BCUT2D eigenvalue weighted by Gasteiger charge is -2.12. The van der Waals surface area contributed by atoms with E-state index < -0.39 is 5.69 Å². The number of fused-ring (bicyclic) bond motifs is 1. The van der Waals surface area contributed by atoms with Crippen LogP contribution in [-0.4, -0.2) is 38.6 Å². The zero-order valence-electron chi connectivity index (χ0n) is 16.1. The predicted octanol–water partition coefficient (Wildman–Crippen LogP) is 2.05. The van der Waals surface area contributed by atoms with Gasteiger partial charge in [-0.2, -0.15) is 0 Å². The Bertz CT molecular complexity index is 1110. The van der Waals surface area contributed by atoms with Crippen LogP contribution < -0.4 is 11.2 Å². The summed E-state index contributed by atoms with van der Waals surface area (Å²) in [5.74, 6) is 1.14. The highest BCUT2D eigenvalue weighted by Gasteiger charge is 2.18. The molecular weight excluding hydrogens is 364 g/mol. The van der Waals surface area contributed by atoms with Crippen molar-refractivity contribution in [1.29, 1.82) is 0 Å². The van der Waals surface area contributed by atoms with Gasteiger partial charge in [0.15, 0.2) is 11.5 Å². The lowest BCUT2D eigenvalue weighted by atomic mass is 10.1. The monoisotopic (exact) mass is 386 g/mol. The number of aromatic nitrogens is 4. The minimum atomic E-state index is -0.412. The number of methoxy groups -OCH3 is 1. The minimum Gasteiger partial charge on any atom is -0.384 e. The molecule has 0 atom stereocenters. The third kappa shape index (κ3) is 3.68. The van der Waals surface area contributed by atoms with Gasteiger partial charge in [-0.3, -0.25) is 13.9 Å². The van der Waals surface area contributed by atoms with Crippen LogP contribution >= 0.6 is 11.8 Å². The van der Waals surface area contributed by atoms with Gasteiger partial charge < -0.3 is 4.74 Å². The summed E-state index contributed by atoms with van der Waals surface area (Å²) in [6.45, 7) is 4.55. The van der Waals surface area contributed by atoms with Crippen molar-refractivity contribution in [2.75, 3.05) is 19.5 Å². The summed E-state index contributed by atoms with van der Waals surface area (Å²) >= 11 is 1.42. The molecule has 0 radical (unpaired) electrons. The molecule has 0 aliphatic rings. The van der Waals surface area contributed by atoms with E-state index in [0.717, 1.165) is 21.3 Å². The lowest BCUT2D eigenvalue weighted by molar-refractivity contribution is 0.218. The average Bonchev–Trinajstić information content (AvgIpc) is 2.63. The van der Waals surface area contributed by atoms with Crippen molar-refractivity contribution in [2.45, 2.75) is 18.9 Å². The van der Waals surface area contributed by atoms with Gasteiger partial charge in [0.2, 0.25) is 0 Å². The summed E-state index contributed by atoms with van der Waals surface area (Å²) in [7, 11) is 4.71. The first-order valence-corrected chi connectivity index (χ1v) is 9.50. The van der Waals surface area contributed by atoms with Gasteiger partial charge in [0.1, 0.15) is 10.4 Å². The molecule has 0 bridgehead atoms. The third-order valence-corrected chi connectivity index (χ3v) is 5.21. The van der Waals surface area contributed by atoms with Crippen LogP contribution in [0.25, 0.3) is 22.4 Å². The molecule has 3 rings (SSSR count).